The van der Waals surface area contributed by atoms with Crippen LogP contribution < -0.4 is 0 Å². The number of benzene rings is 1. The predicted octanol–water partition coefficient (Wildman–Crippen LogP) is 4.85. The molecule has 1 fully saturated rings. The highest BCUT2D eigenvalue weighted by molar-refractivity contribution is 5.90. The molecule has 0 amide bonds. The van der Waals surface area contributed by atoms with Gasteiger partial charge < -0.3 is 0 Å². The molecule has 1 aromatic carbocycles. The van der Waals surface area contributed by atoms with E-state index in [4.69, 9.17) is 9.78 Å². The molecular formula is C19H28O3. The first kappa shape index (κ1) is 17.0. The van der Waals surface area contributed by atoms with Crippen LogP contribution in [0.15, 0.2) is 18.2 Å². The minimum atomic E-state index is -0.387. The van der Waals surface area contributed by atoms with Crippen molar-refractivity contribution in [2.45, 2.75) is 60.0 Å². The monoisotopic (exact) mass is 304 g/mol. The lowest BCUT2D eigenvalue weighted by atomic mass is 9.75. The third kappa shape index (κ3) is 4.10. The van der Waals surface area contributed by atoms with Crippen LogP contribution >= 0.6 is 0 Å². The summed E-state index contributed by atoms with van der Waals surface area (Å²) in [4.78, 5) is 23.1. The van der Waals surface area contributed by atoms with E-state index in [9.17, 15) is 4.79 Å². The van der Waals surface area contributed by atoms with Crippen LogP contribution in [0.2, 0.25) is 0 Å². The summed E-state index contributed by atoms with van der Waals surface area (Å²) in [5.74, 6) is 1.24. The Balaban J connectivity index is 2.01. The summed E-state index contributed by atoms with van der Waals surface area (Å²) in [5.41, 5.74) is 2.55. The van der Waals surface area contributed by atoms with Crippen LogP contribution in [0, 0.1) is 31.6 Å². The molecule has 1 aliphatic carbocycles. The van der Waals surface area contributed by atoms with Gasteiger partial charge in [-0.2, -0.15) is 4.89 Å². The quantitative estimate of drug-likeness (QED) is 0.589. The molecular weight excluding hydrogens is 276 g/mol. The number of hydrogen-bond donors (Lipinski definition) is 0. The molecule has 122 valence electrons. The van der Waals surface area contributed by atoms with Gasteiger partial charge in [0.25, 0.3) is 0 Å². The van der Waals surface area contributed by atoms with E-state index >= 15 is 0 Å². The highest BCUT2D eigenvalue weighted by Crippen LogP contribution is 2.35. The first-order valence-electron chi connectivity index (χ1n) is 8.33. The molecule has 3 atom stereocenters. The number of hydrogen-bond acceptors (Lipinski definition) is 3. The Morgan fingerprint density at radius 2 is 1.95 bits per heavy atom. The second-order valence-electron chi connectivity index (χ2n) is 7.15. The standard InChI is InChI=1S/C19H28O3/c1-12(2)16-9-7-14(4)11-18(16)21-22-19(20)17-10-13(3)6-8-15(17)5/h6,8,10,12,14,16,18H,7,9,11H2,1-5H3. The molecule has 3 nitrogen and oxygen atoms in total. The Morgan fingerprint density at radius 1 is 1.23 bits per heavy atom. The van der Waals surface area contributed by atoms with Crippen LogP contribution in [0.1, 0.15) is 61.5 Å². The van der Waals surface area contributed by atoms with Gasteiger partial charge in [0.1, 0.15) is 6.10 Å². The highest BCUT2D eigenvalue weighted by Gasteiger charge is 2.33. The largest absolute Gasteiger partial charge is 0.373 e. The molecule has 0 aliphatic heterocycles. The minimum Gasteiger partial charge on any atom is -0.293 e. The Kier molecular flexibility index (Phi) is 5.63. The fraction of sp³-hybridized carbons (Fsp3) is 0.632. The van der Waals surface area contributed by atoms with Crippen LogP contribution in [0.3, 0.4) is 0 Å². The highest BCUT2D eigenvalue weighted by atomic mass is 17.2. The van der Waals surface area contributed by atoms with Crippen molar-refractivity contribution in [1.82, 2.24) is 0 Å². The number of rotatable bonds is 4. The van der Waals surface area contributed by atoms with Crippen molar-refractivity contribution in [3.8, 4) is 0 Å². The molecule has 0 aromatic heterocycles. The normalized spacial score (nSPS) is 25.3. The van der Waals surface area contributed by atoms with Crippen molar-refractivity contribution in [2.24, 2.45) is 17.8 Å². The van der Waals surface area contributed by atoms with Gasteiger partial charge in [0, 0.05) is 0 Å². The van der Waals surface area contributed by atoms with Gasteiger partial charge in [-0.15, -0.1) is 0 Å². The van der Waals surface area contributed by atoms with E-state index in [-0.39, 0.29) is 12.1 Å². The second kappa shape index (κ2) is 7.28. The summed E-state index contributed by atoms with van der Waals surface area (Å²) >= 11 is 0. The molecule has 0 spiro atoms. The van der Waals surface area contributed by atoms with Gasteiger partial charge in [0.2, 0.25) is 0 Å². The lowest BCUT2D eigenvalue weighted by molar-refractivity contribution is -0.296. The summed E-state index contributed by atoms with van der Waals surface area (Å²) in [6.07, 6.45) is 3.35. The van der Waals surface area contributed by atoms with Crippen molar-refractivity contribution < 1.29 is 14.6 Å². The lowest BCUT2D eigenvalue weighted by Crippen LogP contribution is -2.35. The molecule has 1 aliphatic rings. The molecule has 0 saturated heterocycles. The third-order valence-electron chi connectivity index (χ3n) is 4.82. The van der Waals surface area contributed by atoms with Crippen LogP contribution in [-0.2, 0) is 9.78 Å². The predicted molar refractivity (Wildman–Crippen MR) is 87.5 cm³/mol. The first-order valence-corrected chi connectivity index (χ1v) is 8.33. The van der Waals surface area contributed by atoms with Crippen molar-refractivity contribution in [1.29, 1.82) is 0 Å². The van der Waals surface area contributed by atoms with Gasteiger partial charge in [-0.05, 0) is 56.1 Å². The molecule has 1 saturated carbocycles. The fourth-order valence-corrected chi connectivity index (χ4v) is 3.33. The summed E-state index contributed by atoms with van der Waals surface area (Å²) in [6, 6.07) is 5.78. The van der Waals surface area contributed by atoms with Crippen molar-refractivity contribution >= 4 is 5.97 Å². The van der Waals surface area contributed by atoms with Crippen molar-refractivity contribution in [2.75, 3.05) is 0 Å². The Morgan fingerprint density at radius 3 is 2.64 bits per heavy atom. The Hall–Kier alpha value is -1.35. The molecule has 22 heavy (non-hydrogen) atoms. The first-order chi connectivity index (χ1) is 10.4. The molecule has 2 rings (SSSR count). The van der Waals surface area contributed by atoms with E-state index in [0.717, 1.165) is 24.0 Å². The zero-order valence-electron chi connectivity index (χ0n) is 14.4. The van der Waals surface area contributed by atoms with E-state index in [2.05, 4.69) is 20.8 Å². The van der Waals surface area contributed by atoms with Gasteiger partial charge in [-0.3, -0.25) is 4.89 Å². The van der Waals surface area contributed by atoms with E-state index in [0.29, 0.717) is 23.3 Å². The average Bonchev–Trinajstić information content (AvgIpc) is 2.47. The van der Waals surface area contributed by atoms with Gasteiger partial charge in [0.05, 0.1) is 5.56 Å². The zero-order chi connectivity index (χ0) is 16.3. The van der Waals surface area contributed by atoms with Crippen LogP contribution in [0.25, 0.3) is 0 Å². The summed E-state index contributed by atoms with van der Waals surface area (Å²) < 4.78 is 0. The third-order valence-corrected chi connectivity index (χ3v) is 4.82. The van der Waals surface area contributed by atoms with Crippen LogP contribution in [0.4, 0.5) is 0 Å². The Labute approximate surface area is 133 Å². The molecule has 0 radical (unpaired) electrons. The van der Waals surface area contributed by atoms with Crippen molar-refractivity contribution in [3.63, 3.8) is 0 Å². The van der Waals surface area contributed by atoms with Gasteiger partial charge in [-0.1, -0.05) is 44.9 Å². The molecule has 3 unspecified atom stereocenters. The van der Waals surface area contributed by atoms with E-state index < -0.39 is 0 Å². The van der Waals surface area contributed by atoms with Crippen LogP contribution in [-0.4, -0.2) is 12.1 Å². The lowest BCUT2D eigenvalue weighted by Gasteiger charge is -2.35. The topological polar surface area (TPSA) is 35.5 Å². The fourth-order valence-electron chi connectivity index (χ4n) is 3.33. The summed E-state index contributed by atoms with van der Waals surface area (Å²) in [5, 5.41) is 0. The number of carbonyl (C=O) groups is 1. The minimum absolute atomic E-state index is 0.0119. The smallest absolute Gasteiger partial charge is 0.293 e. The number of aryl methyl sites for hydroxylation is 2. The summed E-state index contributed by atoms with van der Waals surface area (Å²) in [6.45, 7) is 10.5. The van der Waals surface area contributed by atoms with Crippen molar-refractivity contribution in [3.05, 3.63) is 34.9 Å². The zero-order valence-corrected chi connectivity index (χ0v) is 14.4. The molecule has 3 heteroatoms. The van der Waals surface area contributed by atoms with E-state index in [1.165, 1.54) is 6.42 Å². The van der Waals surface area contributed by atoms with Gasteiger partial charge in [-0.25, -0.2) is 4.79 Å². The molecule has 0 N–H and O–H groups in total. The molecule has 0 heterocycles. The maximum atomic E-state index is 12.3. The molecule has 1 aromatic rings. The average molecular weight is 304 g/mol. The Bertz CT molecular complexity index is 521. The second-order valence-corrected chi connectivity index (χ2v) is 7.15. The van der Waals surface area contributed by atoms with Gasteiger partial charge in [0.15, 0.2) is 0 Å². The summed E-state index contributed by atoms with van der Waals surface area (Å²) in [7, 11) is 0. The maximum absolute atomic E-state index is 12.3. The van der Waals surface area contributed by atoms with E-state index in [1.807, 2.05) is 32.0 Å². The maximum Gasteiger partial charge on any atom is 0.373 e. The van der Waals surface area contributed by atoms with E-state index in [1.54, 1.807) is 0 Å². The van der Waals surface area contributed by atoms with Gasteiger partial charge >= 0.3 is 5.97 Å². The SMILES string of the molecule is Cc1ccc(C)c(C(=O)OOC2CC(C)CCC2C(C)C)c1. The number of carbonyl (C=O) groups excluding carboxylic acids is 1. The van der Waals surface area contributed by atoms with Crippen LogP contribution in [0.5, 0.6) is 0 Å². The molecule has 0 bridgehead atoms.